The summed E-state index contributed by atoms with van der Waals surface area (Å²) in [6.45, 7) is 5.70. The molecule has 2 aromatic rings. The smallest absolute Gasteiger partial charge is 0.315 e. The van der Waals surface area contributed by atoms with Gasteiger partial charge in [-0.05, 0) is 49.4 Å². The first-order valence-electron chi connectivity index (χ1n) is 11.1. The molecule has 2 aromatic carbocycles. The Balaban J connectivity index is 1.10. The molecule has 31 heavy (non-hydrogen) atoms. The van der Waals surface area contributed by atoms with Crippen molar-refractivity contribution < 1.29 is 4.79 Å². The first-order valence-corrected chi connectivity index (χ1v) is 11.8. The van der Waals surface area contributed by atoms with Gasteiger partial charge in [0.25, 0.3) is 0 Å². The summed E-state index contributed by atoms with van der Waals surface area (Å²) in [5, 5.41) is 7.30. The van der Waals surface area contributed by atoms with Crippen LogP contribution in [0.4, 0.5) is 10.5 Å². The van der Waals surface area contributed by atoms with Crippen molar-refractivity contribution in [2.45, 2.75) is 31.8 Å². The van der Waals surface area contributed by atoms with Crippen molar-refractivity contribution in [3.05, 3.63) is 64.1 Å². The average molecular weight is 461 g/mol. The number of nitrogens with one attached hydrogen (secondary N) is 2. The normalized spacial score (nSPS) is 21.4. The van der Waals surface area contributed by atoms with Crippen LogP contribution in [0.5, 0.6) is 0 Å². The lowest BCUT2D eigenvalue weighted by Gasteiger charge is -2.39. The van der Waals surface area contributed by atoms with Crippen molar-refractivity contribution >= 4 is 34.9 Å². The number of piperazine rings is 1. The summed E-state index contributed by atoms with van der Waals surface area (Å²) in [7, 11) is 0. The summed E-state index contributed by atoms with van der Waals surface area (Å²) < 4.78 is 0. The molecule has 2 aliphatic rings. The molecule has 0 atom stereocenters. The fourth-order valence-electron chi connectivity index (χ4n) is 4.42. The number of benzene rings is 2. The highest BCUT2D eigenvalue weighted by Gasteiger charge is 2.30. The lowest BCUT2D eigenvalue weighted by Crippen LogP contribution is -2.50. The summed E-state index contributed by atoms with van der Waals surface area (Å²) in [5.74, 6) is 0.708. The van der Waals surface area contributed by atoms with E-state index in [1.165, 1.54) is 6.42 Å². The molecular weight excluding hydrogens is 431 g/mol. The van der Waals surface area contributed by atoms with Crippen LogP contribution in [0, 0.1) is 5.92 Å². The Morgan fingerprint density at radius 2 is 1.71 bits per heavy atom. The largest absolute Gasteiger partial charge is 0.368 e. The summed E-state index contributed by atoms with van der Waals surface area (Å²) in [6, 6.07) is 16.1. The van der Waals surface area contributed by atoms with Gasteiger partial charge in [-0.1, -0.05) is 59.6 Å². The average Bonchev–Trinajstić information content (AvgIpc) is 2.77. The molecule has 2 fully saturated rings. The third-order valence-electron chi connectivity index (χ3n) is 6.36. The van der Waals surface area contributed by atoms with E-state index < -0.39 is 0 Å². The van der Waals surface area contributed by atoms with Gasteiger partial charge < -0.3 is 15.5 Å². The summed E-state index contributed by atoms with van der Waals surface area (Å²) in [6.07, 6.45) is 3.36. The van der Waals surface area contributed by atoms with Crippen LogP contribution in [0.25, 0.3) is 0 Å². The van der Waals surface area contributed by atoms with Crippen molar-refractivity contribution in [1.82, 2.24) is 15.5 Å². The van der Waals surface area contributed by atoms with Crippen LogP contribution >= 0.6 is 23.2 Å². The molecule has 1 saturated heterocycles. The second-order valence-electron chi connectivity index (χ2n) is 8.54. The number of hydrogen-bond donors (Lipinski definition) is 2. The number of nitrogens with zero attached hydrogens (tertiary/aromatic N) is 2. The van der Waals surface area contributed by atoms with Crippen LogP contribution in [-0.4, -0.2) is 49.7 Å². The lowest BCUT2D eigenvalue weighted by atomic mass is 9.78. The molecule has 0 spiro atoms. The van der Waals surface area contributed by atoms with Gasteiger partial charge in [0.1, 0.15) is 0 Å². The third-order valence-corrected chi connectivity index (χ3v) is 7.17. The number of carbonyl (C=O) groups excluding carboxylic acids is 1. The molecule has 0 aromatic heterocycles. The Kier molecular flexibility index (Phi) is 7.59. The fourth-order valence-corrected chi connectivity index (χ4v) is 4.83. The van der Waals surface area contributed by atoms with E-state index in [-0.39, 0.29) is 6.03 Å². The zero-order valence-electron chi connectivity index (χ0n) is 17.7. The zero-order chi connectivity index (χ0) is 21.6. The van der Waals surface area contributed by atoms with E-state index in [9.17, 15) is 4.79 Å². The number of hydrogen-bond acceptors (Lipinski definition) is 3. The quantitative estimate of drug-likeness (QED) is 0.624. The first-order chi connectivity index (χ1) is 15.1. The van der Waals surface area contributed by atoms with Crippen LogP contribution in [-0.2, 0) is 6.54 Å². The predicted octanol–water partition coefficient (Wildman–Crippen LogP) is 4.78. The predicted molar refractivity (Wildman–Crippen MR) is 128 cm³/mol. The minimum absolute atomic E-state index is 0.0666. The molecule has 0 bridgehead atoms. The van der Waals surface area contributed by atoms with E-state index in [0.29, 0.717) is 28.5 Å². The Morgan fingerprint density at radius 3 is 2.45 bits per heavy atom. The number of halogens is 2. The first kappa shape index (κ1) is 22.3. The van der Waals surface area contributed by atoms with Gasteiger partial charge >= 0.3 is 6.03 Å². The number of amides is 2. The summed E-state index contributed by atoms with van der Waals surface area (Å²) in [5.41, 5.74) is 2.15. The minimum atomic E-state index is -0.0666. The van der Waals surface area contributed by atoms with Gasteiger partial charge in [-0.2, -0.15) is 0 Å². The van der Waals surface area contributed by atoms with E-state index in [1.54, 1.807) is 0 Å². The van der Waals surface area contributed by atoms with E-state index in [1.807, 2.05) is 48.5 Å². The van der Waals surface area contributed by atoms with Crippen molar-refractivity contribution in [2.24, 2.45) is 5.92 Å². The standard InChI is InChI=1S/C24H30Cl2N4O/c25-21-7-4-8-22(23(21)26)30-13-11-29(12-14-30)10-9-19-15-20(16-19)28-24(31)27-17-18-5-2-1-3-6-18/h1-8,19-20H,9-17H2,(H2,27,28,31). The molecule has 4 rings (SSSR count). The monoisotopic (exact) mass is 460 g/mol. The molecule has 1 aliphatic heterocycles. The summed E-state index contributed by atoms with van der Waals surface area (Å²) >= 11 is 12.5. The van der Waals surface area contributed by atoms with Crippen molar-refractivity contribution in [2.75, 3.05) is 37.6 Å². The van der Waals surface area contributed by atoms with Crippen molar-refractivity contribution in [1.29, 1.82) is 0 Å². The Morgan fingerprint density at radius 1 is 0.968 bits per heavy atom. The lowest BCUT2D eigenvalue weighted by molar-refractivity contribution is 0.169. The van der Waals surface area contributed by atoms with E-state index in [0.717, 1.165) is 56.8 Å². The molecule has 2 amide bonds. The molecule has 166 valence electrons. The second-order valence-corrected chi connectivity index (χ2v) is 9.32. The number of urea groups is 1. The number of rotatable bonds is 7. The van der Waals surface area contributed by atoms with Gasteiger partial charge in [-0.25, -0.2) is 4.79 Å². The van der Waals surface area contributed by atoms with Crippen LogP contribution in [0.15, 0.2) is 48.5 Å². The SMILES string of the molecule is O=C(NCc1ccccc1)NC1CC(CCN2CCN(c3cccc(Cl)c3Cl)CC2)C1. The van der Waals surface area contributed by atoms with Gasteiger partial charge in [0, 0.05) is 38.8 Å². The molecule has 1 saturated carbocycles. The maximum Gasteiger partial charge on any atom is 0.315 e. The maximum absolute atomic E-state index is 12.1. The zero-order valence-corrected chi connectivity index (χ0v) is 19.2. The minimum Gasteiger partial charge on any atom is -0.368 e. The fraction of sp³-hybridized carbons (Fsp3) is 0.458. The molecular formula is C24H30Cl2N4O. The van der Waals surface area contributed by atoms with Crippen LogP contribution in [0.1, 0.15) is 24.8 Å². The second kappa shape index (κ2) is 10.6. The van der Waals surface area contributed by atoms with Gasteiger partial charge in [0.05, 0.1) is 15.7 Å². The van der Waals surface area contributed by atoms with Gasteiger partial charge in [0.15, 0.2) is 0 Å². The molecule has 0 radical (unpaired) electrons. The van der Waals surface area contributed by atoms with Crippen molar-refractivity contribution in [3.63, 3.8) is 0 Å². The highest BCUT2D eigenvalue weighted by atomic mass is 35.5. The number of carbonyl (C=O) groups is 1. The maximum atomic E-state index is 12.1. The van der Waals surface area contributed by atoms with Crippen LogP contribution in [0.3, 0.4) is 0 Å². The number of anilines is 1. The van der Waals surface area contributed by atoms with Gasteiger partial charge in [-0.3, -0.25) is 4.90 Å². The third kappa shape index (κ3) is 6.06. The topological polar surface area (TPSA) is 47.6 Å². The Bertz CT molecular complexity index is 865. The molecule has 0 unspecified atom stereocenters. The molecule has 5 nitrogen and oxygen atoms in total. The molecule has 1 aliphatic carbocycles. The van der Waals surface area contributed by atoms with Gasteiger partial charge in [-0.15, -0.1) is 0 Å². The molecule has 7 heteroatoms. The van der Waals surface area contributed by atoms with Crippen LogP contribution in [0.2, 0.25) is 10.0 Å². The van der Waals surface area contributed by atoms with Crippen LogP contribution < -0.4 is 15.5 Å². The Labute approximate surface area is 194 Å². The Hall–Kier alpha value is -1.95. The molecule has 1 heterocycles. The van der Waals surface area contributed by atoms with E-state index >= 15 is 0 Å². The summed E-state index contributed by atoms with van der Waals surface area (Å²) in [4.78, 5) is 16.9. The van der Waals surface area contributed by atoms with E-state index in [2.05, 4.69) is 20.4 Å². The van der Waals surface area contributed by atoms with E-state index in [4.69, 9.17) is 23.2 Å². The highest BCUT2D eigenvalue weighted by Crippen LogP contribution is 2.33. The van der Waals surface area contributed by atoms with Gasteiger partial charge in [0.2, 0.25) is 0 Å². The van der Waals surface area contributed by atoms with Crippen molar-refractivity contribution in [3.8, 4) is 0 Å². The molecule has 2 N–H and O–H groups in total. The highest BCUT2D eigenvalue weighted by molar-refractivity contribution is 6.43.